The number of rotatable bonds is 6. The van der Waals surface area contributed by atoms with E-state index in [-0.39, 0.29) is 23.5 Å². The Balaban J connectivity index is 1.23. The number of anilines is 1. The SMILES string of the molecule is CCCC[C@H]1CN(c2ccccn2)C(=O)OC12CCN(C1(C)CCN(C(=O)c3c(C)ncnc3C)CC1)CC2. The molecule has 2 amide bonds. The molecule has 1 spiro atoms. The highest BCUT2D eigenvalue weighted by Gasteiger charge is 2.52. The van der Waals surface area contributed by atoms with Crippen molar-refractivity contribution in [3.63, 3.8) is 0 Å². The predicted octanol–water partition coefficient (Wildman–Crippen LogP) is 4.78. The first-order valence-electron chi connectivity index (χ1n) is 14.5. The Kier molecular flexibility index (Phi) is 7.89. The number of unbranched alkanes of at least 4 members (excludes halogenated alkanes) is 1. The number of nitrogens with zero attached hydrogens (tertiary/aromatic N) is 6. The van der Waals surface area contributed by atoms with E-state index in [1.807, 2.05) is 36.9 Å². The van der Waals surface area contributed by atoms with Crippen LogP contribution in [-0.4, -0.2) is 80.6 Å². The van der Waals surface area contributed by atoms with Crippen molar-refractivity contribution >= 4 is 17.8 Å². The van der Waals surface area contributed by atoms with Gasteiger partial charge < -0.3 is 9.64 Å². The van der Waals surface area contributed by atoms with E-state index in [1.54, 1.807) is 11.1 Å². The van der Waals surface area contributed by atoms with Gasteiger partial charge in [0.05, 0.1) is 17.0 Å². The molecule has 0 aliphatic carbocycles. The largest absolute Gasteiger partial charge is 0.442 e. The molecular weight excluding hydrogens is 492 g/mol. The van der Waals surface area contributed by atoms with Crippen LogP contribution in [0.5, 0.6) is 0 Å². The van der Waals surface area contributed by atoms with Crippen LogP contribution in [-0.2, 0) is 4.74 Å². The van der Waals surface area contributed by atoms with Gasteiger partial charge in [0, 0.05) is 63.2 Å². The smallest absolute Gasteiger partial charge is 0.416 e. The van der Waals surface area contributed by atoms with Gasteiger partial charge in [-0.2, -0.15) is 0 Å². The van der Waals surface area contributed by atoms with Gasteiger partial charge in [-0.1, -0.05) is 25.8 Å². The minimum absolute atomic E-state index is 0.0211. The third-order valence-electron chi connectivity index (χ3n) is 9.43. The zero-order valence-corrected chi connectivity index (χ0v) is 23.9. The number of pyridine rings is 1. The quantitative estimate of drug-likeness (QED) is 0.527. The molecule has 3 saturated heterocycles. The van der Waals surface area contributed by atoms with Crippen LogP contribution in [0.1, 0.15) is 80.5 Å². The summed E-state index contributed by atoms with van der Waals surface area (Å²) < 4.78 is 6.34. The first-order valence-corrected chi connectivity index (χ1v) is 14.5. The molecule has 1 atom stereocenters. The minimum atomic E-state index is -0.413. The van der Waals surface area contributed by atoms with Crippen LogP contribution in [0.15, 0.2) is 30.7 Å². The van der Waals surface area contributed by atoms with Gasteiger partial charge in [-0.3, -0.25) is 14.6 Å². The summed E-state index contributed by atoms with van der Waals surface area (Å²) in [7, 11) is 0. The van der Waals surface area contributed by atoms with Gasteiger partial charge in [0.1, 0.15) is 17.7 Å². The number of likely N-dealkylation sites (tertiary alicyclic amines) is 2. The van der Waals surface area contributed by atoms with Gasteiger partial charge in [-0.05, 0) is 52.2 Å². The average Bonchev–Trinajstić information content (AvgIpc) is 2.93. The molecule has 9 heteroatoms. The lowest BCUT2D eigenvalue weighted by molar-refractivity contribution is -0.106. The fourth-order valence-electron chi connectivity index (χ4n) is 6.78. The first-order chi connectivity index (χ1) is 18.8. The predicted molar refractivity (Wildman–Crippen MR) is 150 cm³/mol. The molecule has 0 bridgehead atoms. The van der Waals surface area contributed by atoms with E-state index in [0.717, 1.165) is 82.5 Å². The molecule has 0 saturated carbocycles. The number of amides is 2. The molecule has 5 rings (SSSR count). The molecule has 0 radical (unpaired) electrons. The zero-order valence-electron chi connectivity index (χ0n) is 23.9. The Morgan fingerprint density at radius 3 is 2.33 bits per heavy atom. The first kappa shape index (κ1) is 27.5. The van der Waals surface area contributed by atoms with E-state index in [0.29, 0.717) is 17.9 Å². The van der Waals surface area contributed by atoms with Gasteiger partial charge in [-0.15, -0.1) is 0 Å². The van der Waals surface area contributed by atoms with E-state index in [4.69, 9.17) is 4.74 Å². The molecule has 3 aliphatic heterocycles. The standard InChI is InChI=1S/C30H42N6O3/c1-5-6-9-24-20-36(25-10-7-8-15-31-25)28(38)39-30(24)13-18-35(19-14-30)29(4)11-16-34(17-12-29)27(37)26-22(2)32-21-33-23(26)3/h7-8,10,15,21,24H,5-6,9,11-14,16-20H2,1-4H3/t24-/m0/s1. The summed E-state index contributed by atoms with van der Waals surface area (Å²) in [4.78, 5) is 45.6. The van der Waals surface area contributed by atoms with Crippen molar-refractivity contribution in [2.45, 2.75) is 83.8 Å². The van der Waals surface area contributed by atoms with Gasteiger partial charge >= 0.3 is 6.09 Å². The summed E-state index contributed by atoms with van der Waals surface area (Å²) in [5, 5.41) is 0. The van der Waals surface area contributed by atoms with Crippen LogP contribution < -0.4 is 4.90 Å². The van der Waals surface area contributed by atoms with Crippen LogP contribution in [0.4, 0.5) is 10.6 Å². The number of aromatic nitrogens is 3. The second-order valence-corrected chi connectivity index (χ2v) is 11.8. The van der Waals surface area contributed by atoms with Gasteiger partial charge in [0.15, 0.2) is 0 Å². The highest BCUT2D eigenvalue weighted by molar-refractivity contribution is 5.96. The molecule has 0 aromatic carbocycles. The molecule has 3 aliphatic rings. The second kappa shape index (κ2) is 11.2. The lowest BCUT2D eigenvalue weighted by Crippen LogP contribution is -2.63. The molecule has 210 valence electrons. The normalized spacial score (nSPS) is 23.1. The number of hydrogen-bond acceptors (Lipinski definition) is 7. The molecular formula is C30H42N6O3. The number of carbonyl (C=O) groups excluding carboxylic acids is 2. The maximum Gasteiger partial charge on any atom is 0.416 e. The topological polar surface area (TPSA) is 91.8 Å². The van der Waals surface area contributed by atoms with Crippen molar-refractivity contribution in [2.24, 2.45) is 5.92 Å². The number of hydrogen-bond donors (Lipinski definition) is 0. The summed E-state index contributed by atoms with van der Waals surface area (Å²) in [6.07, 6.45) is 9.80. The molecule has 0 N–H and O–H groups in total. The summed E-state index contributed by atoms with van der Waals surface area (Å²) in [5.41, 5.74) is 1.72. The lowest BCUT2D eigenvalue weighted by atomic mass is 9.74. The maximum atomic E-state index is 13.3. The van der Waals surface area contributed by atoms with E-state index in [1.165, 1.54) is 6.33 Å². The highest BCUT2D eigenvalue weighted by atomic mass is 16.6. The summed E-state index contributed by atoms with van der Waals surface area (Å²) >= 11 is 0. The Labute approximate surface area is 232 Å². The molecule has 5 heterocycles. The third-order valence-corrected chi connectivity index (χ3v) is 9.43. The molecule has 2 aromatic heterocycles. The molecule has 3 fully saturated rings. The molecule has 2 aromatic rings. The van der Waals surface area contributed by atoms with Crippen molar-refractivity contribution in [3.05, 3.63) is 47.7 Å². The van der Waals surface area contributed by atoms with Crippen LogP contribution in [0, 0.1) is 19.8 Å². The van der Waals surface area contributed by atoms with Gasteiger partial charge in [-0.25, -0.2) is 19.7 Å². The van der Waals surface area contributed by atoms with E-state index >= 15 is 0 Å². The Morgan fingerprint density at radius 1 is 1.03 bits per heavy atom. The fourth-order valence-corrected chi connectivity index (χ4v) is 6.78. The minimum Gasteiger partial charge on any atom is -0.442 e. The van der Waals surface area contributed by atoms with E-state index < -0.39 is 5.60 Å². The van der Waals surface area contributed by atoms with Crippen LogP contribution in [0.2, 0.25) is 0 Å². The Bertz CT molecular complexity index is 1150. The van der Waals surface area contributed by atoms with Crippen molar-refractivity contribution in [1.82, 2.24) is 24.8 Å². The van der Waals surface area contributed by atoms with Crippen molar-refractivity contribution in [2.75, 3.05) is 37.6 Å². The van der Waals surface area contributed by atoms with Gasteiger partial charge in [0.25, 0.3) is 5.91 Å². The Morgan fingerprint density at radius 2 is 1.72 bits per heavy atom. The van der Waals surface area contributed by atoms with Gasteiger partial charge in [0.2, 0.25) is 0 Å². The number of carbonyl (C=O) groups is 2. The zero-order chi connectivity index (χ0) is 27.6. The second-order valence-electron chi connectivity index (χ2n) is 11.8. The fraction of sp³-hybridized carbons (Fsp3) is 0.633. The summed E-state index contributed by atoms with van der Waals surface area (Å²) in [6, 6.07) is 5.66. The lowest BCUT2D eigenvalue weighted by Gasteiger charge is -2.54. The number of ether oxygens (including phenoxy) is 1. The van der Waals surface area contributed by atoms with Crippen LogP contribution in [0.3, 0.4) is 0 Å². The van der Waals surface area contributed by atoms with Crippen molar-refractivity contribution < 1.29 is 14.3 Å². The summed E-state index contributed by atoms with van der Waals surface area (Å²) in [5.74, 6) is 0.985. The van der Waals surface area contributed by atoms with E-state index in [9.17, 15) is 9.59 Å². The number of piperidine rings is 2. The van der Waals surface area contributed by atoms with Crippen molar-refractivity contribution in [1.29, 1.82) is 0 Å². The highest BCUT2D eigenvalue weighted by Crippen LogP contribution is 2.44. The van der Waals surface area contributed by atoms with Crippen LogP contribution in [0.25, 0.3) is 0 Å². The molecule has 9 nitrogen and oxygen atoms in total. The maximum absolute atomic E-state index is 13.3. The molecule has 39 heavy (non-hydrogen) atoms. The third kappa shape index (κ3) is 5.38. The Hall–Kier alpha value is -3.07. The van der Waals surface area contributed by atoms with E-state index in [2.05, 4.69) is 33.7 Å². The molecule has 0 unspecified atom stereocenters. The average molecular weight is 535 g/mol. The van der Waals surface area contributed by atoms with Crippen LogP contribution >= 0.6 is 0 Å². The van der Waals surface area contributed by atoms with Crippen molar-refractivity contribution in [3.8, 4) is 0 Å². The summed E-state index contributed by atoms with van der Waals surface area (Å²) in [6.45, 7) is 12.2. The monoisotopic (exact) mass is 534 g/mol. The number of aryl methyl sites for hydroxylation is 2.